The predicted molar refractivity (Wildman–Crippen MR) is 74.4 cm³/mol. The summed E-state index contributed by atoms with van der Waals surface area (Å²) in [6.45, 7) is 1.87. The normalized spacial score (nSPS) is 12.5. The minimum absolute atomic E-state index is 0.331. The molecule has 2 aromatic rings. The van der Waals surface area contributed by atoms with Crippen LogP contribution in [0.4, 0.5) is 8.78 Å². The third-order valence-corrected chi connectivity index (χ3v) is 3.60. The Morgan fingerprint density at radius 3 is 2.53 bits per heavy atom. The summed E-state index contributed by atoms with van der Waals surface area (Å²) in [6, 6.07) is 8.71. The monoisotopic (exact) mass is 326 g/mol. The first-order chi connectivity index (χ1) is 9.02. The molecule has 0 aliphatic rings. The maximum absolute atomic E-state index is 13.4. The smallest absolute Gasteiger partial charge is 0.137 e. The van der Waals surface area contributed by atoms with E-state index in [0.717, 1.165) is 16.7 Å². The Bertz CT molecular complexity index is 602. The first-order valence-corrected chi connectivity index (χ1v) is 6.49. The number of nitrogens with two attached hydrogens (primary N) is 1. The average Bonchev–Trinajstić information content (AvgIpc) is 2.38. The molecule has 0 bridgehead atoms. The summed E-state index contributed by atoms with van der Waals surface area (Å²) in [6.07, 6.45) is 0. The molecule has 0 heterocycles. The van der Waals surface area contributed by atoms with Crippen LogP contribution in [-0.4, -0.2) is 0 Å². The molecule has 2 rings (SSSR count). The number of aryl methyl sites for hydroxylation is 1. The van der Waals surface area contributed by atoms with Gasteiger partial charge in [0.05, 0.1) is 10.5 Å². The van der Waals surface area contributed by atoms with Gasteiger partial charge in [0.15, 0.2) is 0 Å². The number of benzene rings is 2. The summed E-state index contributed by atoms with van der Waals surface area (Å²) in [4.78, 5) is 0. The van der Waals surface area contributed by atoms with E-state index in [4.69, 9.17) is 5.84 Å². The first kappa shape index (κ1) is 14.1. The molecule has 0 aromatic heterocycles. The van der Waals surface area contributed by atoms with Crippen molar-refractivity contribution in [3.8, 4) is 0 Å². The van der Waals surface area contributed by atoms with Gasteiger partial charge < -0.3 is 0 Å². The summed E-state index contributed by atoms with van der Waals surface area (Å²) in [5.74, 6) is 4.88. The van der Waals surface area contributed by atoms with Gasteiger partial charge in [-0.1, -0.05) is 12.1 Å². The van der Waals surface area contributed by atoms with Crippen molar-refractivity contribution in [3.05, 3.63) is 69.2 Å². The standard InChI is InChI=1S/C14H13BrF2N2/c1-8-2-4-10(16)7-11(8)14(19-18)9-3-5-13(17)12(15)6-9/h2-7,14,19H,18H2,1H3. The van der Waals surface area contributed by atoms with Crippen molar-refractivity contribution in [2.24, 2.45) is 5.84 Å². The maximum Gasteiger partial charge on any atom is 0.137 e. The van der Waals surface area contributed by atoms with Gasteiger partial charge in [0.2, 0.25) is 0 Å². The topological polar surface area (TPSA) is 38.0 Å². The van der Waals surface area contributed by atoms with Crippen LogP contribution in [0, 0.1) is 18.6 Å². The molecule has 19 heavy (non-hydrogen) atoms. The second-order valence-corrected chi connectivity index (χ2v) is 5.13. The van der Waals surface area contributed by atoms with Gasteiger partial charge >= 0.3 is 0 Å². The second-order valence-electron chi connectivity index (χ2n) is 4.27. The van der Waals surface area contributed by atoms with Gasteiger partial charge in [-0.25, -0.2) is 14.2 Å². The van der Waals surface area contributed by atoms with E-state index >= 15 is 0 Å². The van der Waals surface area contributed by atoms with Crippen molar-refractivity contribution in [1.29, 1.82) is 0 Å². The van der Waals surface area contributed by atoms with Crippen molar-refractivity contribution in [1.82, 2.24) is 5.43 Å². The lowest BCUT2D eigenvalue weighted by Gasteiger charge is -2.19. The highest BCUT2D eigenvalue weighted by Crippen LogP contribution is 2.28. The lowest BCUT2D eigenvalue weighted by atomic mass is 9.95. The SMILES string of the molecule is Cc1ccc(F)cc1C(NN)c1ccc(F)c(Br)c1. The number of hydrogen-bond donors (Lipinski definition) is 2. The molecule has 0 fully saturated rings. The third-order valence-electron chi connectivity index (χ3n) is 3.00. The van der Waals surface area contributed by atoms with Crippen molar-refractivity contribution in [2.45, 2.75) is 13.0 Å². The Hall–Kier alpha value is -1.30. The molecule has 0 amide bonds. The third kappa shape index (κ3) is 3.00. The quantitative estimate of drug-likeness (QED) is 0.668. The van der Waals surface area contributed by atoms with Crippen molar-refractivity contribution in [3.63, 3.8) is 0 Å². The largest absolute Gasteiger partial charge is 0.271 e. The second kappa shape index (κ2) is 5.77. The molecule has 100 valence electrons. The van der Waals surface area contributed by atoms with Crippen molar-refractivity contribution >= 4 is 15.9 Å². The van der Waals surface area contributed by atoms with Crippen LogP contribution in [0.15, 0.2) is 40.9 Å². The van der Waals surface area contributed by atoms with Crippen molar-refractivity contribution in [2.75, 3.05) is 0 Å². The Morgan fingerprint density at radius 1 is 1.16 bits per heavy atom. The molecule has 1 atom stereocenters. The molecule has 5 heteroatoms. The van der Waals surface area contributed by atoms with Gasteiger partial charge in [-0.2, -0.15) is 0 Å². The van der Waals surface area contributed by atoms with Crippen molar-refractivity contribution < 1.29 is 8.78 Å². The Morgan fingerprint density at radius 2 is 1.89 bits per heavy atom. The highest BCUT2D eigenvalue weighted by molar-refractivity contribution is 9.10. The Kier molecular flexibility index (Phi) is 4.29. The highest BCUT2D eigenvalue weighted by Gasteiger charge is 2.16. The van der Waals surface area contributed by atoms with E-state index in [1.165, 1.54) is 18.2 Å². The minimum atomic E-state index is -0.396. The van der Waals surface area contributed by atoms with Crippen LogP contribution in [0.3, 0.4) is 0 Å². The molecule has 0 aliphatic carbocycles. The van der Waals surface area contributed by atoms with E-state index in [9.17, 15) is 8.78 Å². The maximum atomic E-state index is 13.4. The van der Waals surface area contributed by atoms with Gasteiger partial charge in [-0.05, 0) is 63.8 Å². The molecule has 2 aromatic carbocycles. The van der Waals surface area contributed by atoms with Gasteiger partial charge in [0, 0.05) is 0 Å². The molecule has 1 unspecified atom stereocenters. The molecular weight excluding hydrogens is 314 g/mol. The molecule has 3 N–H and O–H groups in total. The fourth-order valence-corrected chi connectivity index (χ4v) is 2.38. The fourth-order valence-electron chi connectivity index (χ4n) is 1.98. The molecule has 0 radical (unpaired) electrons. The van der Waals surface area contributed by atoms with Gasteiger partial charge in [0.25, 0.3) is 0 Å². The van der Waals surface area contributed by atoms with Gasteiger partial charge in [-0.3, -0.25) is 5.84 Å². The molecule has 0 spiro atoms. The summed E-state index contributed by atoms with van der Waals surface area (Å²) in [7, 11) is 0. The predicted octanol–water partition coefficient (Wildman–Crippen LogP) is 3.59. The van der Waals surface area contributed by atoms with E-state index in [1.807, 2.05) is 6.92 Å². The van der Waals surface area contributed by atoms with Crippen LogP contribution in [0.1, 0.15) is 22.7 Å². The first-order valence-electron chi connectivity index (χ1n) is 5.70. The van der Waals surface area contributed by atoms with E-state index < -0.39 is 6.04 Å². The lowest BCUT2D eigenvalue weighted by Crippen LogP contribution is -2.29. The summed E-state index contributed by atoms with van der Waals surface area (Å²) in [5, 5.41) is 0. The van der Waals surface area contributed by atoms with E-state index in [-0.39, 0.29) is 11.6 Å². The zero-order valence-electron chi connectivity index (χ0n) is 10.3. The van der Waals surface area contributed by atoms with E-state index in [1.54, 1.807) is 18.2 Å². The molecule has 0 saturated carbocycles. The number of hydrogen-bond acceptors (Lipinski definition) is 2. The van der Waals surface area contributed by atoms with Crippen LogP contribution in [0.25, 0.3) is 0 Å². The van der Waals surface area contributed by atoms with Gasteiger partial charge in [-0.15, -0.1) is 0 Å². The number of nitrogens with one attached hydrogen (secondary N) is 1. The molecule has 2 nitrogen and oxygen atoms in total. The summed E-state index contributed by atoms with van der Waals surface area (Å²) in [5.41, 5.74) is 5.02. The van der Waals surface area contributed by atoms with Crippen LogP contribution in [0.2, 0.25) is 0 Å². The van der Waals surface area contributed by atoms with Gasteiger partial charge in [0.1, 0.15) is 11.6 Å². The Labute approximate surface area is 118 Å². The lowest BCUT2D eigenvalue weighted by molar-refractivity contribution is 0.596. The zero-order valence-corrected chi connectivity index (χ0v) is 11.8. The highest BCUT2D eigenvalue weighted by atomic mass is 79.9. The van der Waals surface area contributed by atoms with Crippen LogP contribution >= 0.6 is 15.9 Å². The van der Waals surface area contributed by atoms with E-state index in [0.29, 0.717) is 4.47 Å². The molecule has 0 saturated heterocycles. The minimum Gasteiger partial charge on any atom is -0.271 e. The summed E-state index contributed by atoms with van der Waals surface area (Å²) >= 11 is 3.13. The zero-order chi connectivity index (χ0) is 14.0. The van der Waals surface area contributed by atoms with Crippen LogP contribution < -0.4 is 11.3 Å². The van der Waals surface area contributed by atoms with Crippen LogP contribution in [0.5, 0.6) is 0 Å². The number of rotatable bonds is 3. The average molecular weight is 327 g/mol. The van der Waals surface area contributed by atoms with Crippen LogP contribution in [-0.2, 0) is 0 Å². The fraction of sp³-hybridized carbons (Fsp3) is 0.143. The number of halogens is 3. The number of hydrazine groups is 1. The Balaban J connectivity index is 2.49. The molecular formula is C14H13BrF2N2. The van der Waals surface area contributed by atoms with E-state index in [2.05, 4.69) is 21.4 Å². The molecule has 0 aliphatic heterocycles. The summed E-state index contributed by atoms with van der Waals surface area (Å²) < 4.78 is 27.0.